The van der Waals surface area contributed by atoms with Crippen LogP contribution in [0.3, 0.4) is 0 Å². The second-order valence-corrected chi connectivity index (χ2v) is 7.61. The van der Waals surface area contributed by atoms with E-state index in [2.05, 4.69) is 25.7 Å². The first-order chi connectivity index (χ1) is 9.70. The number of nitrogens with zero attached hydrogens (tertiary/aromatic N) is 2. The Bertz CT molecular complexity index is 408. The van der Waals surface area contributed by atoms with Crippen molar-refractivity contribution in [1.82, 2.24) is 9.80 Å². The summed E-state index contributed by atoms with van der Waals surface area (Å²) in [5.41, 5.74) is 0.126. The van der Waals surface area contributed by atoms with E-state index in [0.29, 0.717) is 25.4 Å². The number of carboxylic acid groups (broad SMARTS) is 1. The Kier molecular flexibility index (Phi) is 4.61. The van der Waals surface area contributed by atoms with Gasteiger partial charge in [-0.05, 0) is 39.5 Å². The first kappa shape index (κ1) is 16.3. The van der Waals surface area contributed by atoms with E-state index < -0.39 is 11.9 Å². The standard InChI is InChI=1S/C16H28N2O3/c1-11-9-12(13(10-11)15(20)21)14(19)17-5-7-18(8-6-17)16(2,3)4/h11-13H,5-10H2,1-4H3,(H,20,21). The van der Waals surface area contributed by atoms with Gasteiger partial charge < -0.3 is 10.0 Å². The third-order valence-electron chi connectivity index (χ3n) is 4.97. The zero-order chi connectivity index (χ0) is 15.8. The quantitative estimate of drug-likeness (QED) is 0.842. The van der Waals surface area contributed by atoms with Crippen LogP contribution in [-0.4, -0.2) is 58.5 Å². The Balaban J connectivity index is 1.97. The van der Waals surface area contributed by atoms with Gasteiger partial charge in [-0.3, -0.25) is 14.5 Å². The summed E-state index contributed by atoms with van der Waals surface area (Å²) in [6, 6.07) is 0. The van der Waals surface area contributed by atoms with E-state index in [0.717, 1.165) is 19.5 Å². The van der Waals surface area contributed by atoms with Crippen molar-refractivity contribution in [2.75, 3.05) is 26.2 Å². The van der Waals surface area contributed by atoms with Gasteiger partial charge in [-0.1, -0.05) is 6.92 Å². The smallest absolute Gasteiger partial charge is 0.307 e. The van der Waals surface area contributed by atoms with E-state index in [1.165, 1.54) is 0 Å². The summed E-state index contributed by atoms with van der Waals surface area (Å²) >= 11 is 0. The third-order valence-corrected chi connectivity index (χ3v) is 4.97. The van der Waals surface area contributed by atoms with E-state index in [4.69, 9.17) is 0 Å². The Morgan fingerprint density at radius 1 is 1.00 bits per heavy atom. The number of hydrogen-bond acceptors (Lipinski definition) is 3. The monoisotopic (exact) mass is 296 g/mol. The van der Waals surface area contributed by atoms with Crippen LogP contribution in [0, 0.1) is 17.8 Å². The van der Waals surface area contributed by atoms with Gasteiger partial charge in [0.2, 0.25) is 5.91 Å². The highest BCUT2D eigenvalue weighted by molar-refractivity contribution is 5.85. The normalized spacial score (nSPS) is 31.4. The molecule has 3 unspecified atom stereocenters. The minimum Gasteiger partial charge on any atom is -0.481 e. The fourth-order valence-corrected chi connectivity index (χ4v) is 3.67. The first-order valence-corrected chi connectivity index (χ1v) is 7.97. The van der Waals surface area contributed by atoms with E-state index in [1.54, 1.807) is 0 Å². The van der Waals surface area contributed by atoms with Gasteiger partial charge in [-0.2, -0.15) is 0 Å². The predicted molar refractivity (Wildman–Crippen MR) is 80.9 cm³/mol. The van der Waals surface area contributed by atoms with Crippen LogP contribution in [0.1, 0.15) is 40.5 Å². The highest BCUT2D eigenvalue weighted by Crippen LogP contribution is 2.37. The van der Waals surface area contributed by atoms with Gasteiger partial charge in [-0.25, -0.2) is 0 Å². The molecular formula is C16H28N2O3. The van der Waals surface area contributed by atoms with Crippen LogP contribution in [0.4, 0.5) is 0 Å². The summed E-state index contributed by atoms with van der Waals surface area (Å²) in [6.07, 6.45) is 1.35. The van der Waals surface area contributed by atoms with Crippen molar-refractivity contribution in [1.29, 1.82) is 0 Å². The Morgan fingerprint density at radius 3 is 2.00 bits per heavy atom. The molecule has 0 aromatic rings. The molecule has 1 saturated carbocycles. The molecule has 0 aromatic carbocycles. The van der Waals surface area contributed by atoms with Crippen LogP contribution in [0.15, 0.2) is 0 Å². The SMILES string of the molecule is CC1CC(C(=O)O)C(C(=O)N2CCN(C(C)(C)C)CC2)C1. The molecule has 1 aliphatic carbocycles. The van der Waals surface area contributed by atoms with E-state index in [9.17, 15) is 14.7 Å². The number of hydrogen-bond donors (Lipinski definition) is 1. The number of carboxylic acids is 1. The van der Waals surface area contributed by atoms with Crippen LogP contribution >= 0.6 is 0 Å². The summed E-state index contributed by atoms with van der Waals surface area (Å²) in [5.74, 6) is -1.24. The van der Waals surface area contributed by atoms with Crippen molar-refractivity contribution in [3.63, 3.8) is 0 Å². The van der Waals surface area contributed by atoms with Crippen LogP contribution in [0.5, 0.6) is 0 Å². The summed E-state index contributed by atoms with van der Waals surface area (Å²) in [4.78, 5) is 28.3. The fourth-order valence-electron chi connectivity index (χ4n) is 3.67. The van der Waals surface area contributed by atoms with E-state index >= 15 is 0 Å². The summed E-state index contributed by atoms with van der Waals surface area (Å²) in [6.45, 7) is 11.8. The average molecular weight is 296 g/mol. The molecule has 120 valence electrons. The maximum Gasteiger partial charge on any atom is 0.307 e. The number of amides is 1. The van der Waals surface area contributed by atoms with Crippen LogP contribution < -0.4 is 0 Å². The molecule has 5 heteroatoms. The fraction of sp³-hybridized carbons (Fsp3) is 0.875. The van der Waals surface area contributed by atoms with Crippen molar-refractivity contribution in [2.24, 2.45) is 17.8 Å². The lowest BCUT2D eigenvalue weighted by Crippen LogP contribution is -2.55. The number of carbonyl (C=O) groups excluding carboxylic acids is 1. The Labute approximate surface area is 127 Å². The first-order valence-electron chi connectivity index (χ1n) is 7.97. The van der Waals surface area contributed by atoms with E-state index in [-0.39, 0.29) is 17.4 Å². The van der Waals surface area contributed by atoms with Crippen molar-refractivity contribution in [3.8, 4) is 0 Å². The second kappa shape index (κ2) is 5.95. The molecule has 21 heavy (non-hydrogen) atoms. The van der Waals surface area contributed by atoms with Crippen molar-refractivity contribution >= 4 is 11.9 Å². The third kappa shape index (κ3) is 3.57. The van der Waals surface area contributed by atoms with Gasteiger partial charge >= 0.3 is 5.97 Å². The largest absolute Gasteiger partial charge is 0.481 e. The van der Waals surface area contributed by atoms with Crippen LogP contribution in [0.25, 0.3) is 0 Å². The van der Waals surface area contributed by atoms with E-state index in [1.807, 2.05) is 11.8 Å². The molecule has 0 bridgehead atoms. The molecule has 2 aliphatic rings. The molecule has 1 N–H and O–H groups in total. The highest BCUT2D eigenvalue weighted by atomic mass is 16.4. The molecule has 3 atom stereocenters. The van der Waals surface area contributed by atoms with Gasteiger partial charge in [-0.15, -0.1) is 0 Å². The molecule has 1 saturated heterocycles. The lowest BCUT2D eigenvalue weighted by Gasteiger charge is -2.43. The summed E-state index contributed by atoms with van der Waals surface area (Å²) in [5, 5.41) is 9.32. The van der Waals surface area contributed by atoms with Gasteiger partial charge in [0.05, 0.1) is 11.8 Å². The zero-order valence-corrected chi connectivity index (χ0v) is 13.6. The van der Waals surface area contributed by atoms with Gasteiger partial charge in [0.25, 0.3) is 0 Å². The number of piperazine rings is 1. The summed E-state index contributed by atoms with van der Waals surface area (Å²) in [7, 11) is 0. The van der Waals surface area contributed by atoms with Gasteiger partial charge in [0.1, 0.15) is 0 Å². The lowest BCUT2D eigenvalue weighted by atomic mass is 9.94. The molecule has 0 aromatic heterocycles. The topological polar surface area (TPSA) is 60.9 Å². The molecule has 1 amide bonds. The highest BCUT2D eigenvalue weighted by Gasteiger charge is 2.43. The summed E-state index contributed by atoms with van der Waals surface area (Å²) < 4.78 is 0. The van der Waals surface area contributed by atoms with Crippen molar-refractivity contribution in [3.05, 3.63) is 0 Å². The molecule has 2 fully saturated rings. The van der Waals surface area contributed by atoms with Gasteiger partial charge in [0.15, 0.2) is 0 Å². The number of aliphatic carboxylic acids is 1. The molecule has 1 heterocycles. The average Bonchev–Trinajstić information content (AvgIpc) is 2.79. The minimum absolute atomic E-state index is 0.0558. The zero-order valence-electron chi connectivity index (χ0n) is 13.6. The molecular weight excluding hydrogens is 268 g/mol. The second-order valence-electron chi connectivity index (χ2n) is 7.61. The van der Waals surface area contributed by atoms with Crippen LogP contribution in [0.2, 0.25) is 0 Å². The maximum atomic E-state index is 12.7. The number of carbonyl (C=O) groups is 2. The molecule has 0 radical (unpaired) electrons. The maximum absolute atomic E-state index is 12.7. The minimum atomic E-state index is -0.814. The number of rotatable bonds is 2. The molecule has 1 aliphatic heterocycles. The van der Waals surface area contributed by atoms with Crippen molar-refractivity contribution in [2.45, 2.75) is 46.1 Å². The van der Waals surface area contributed by atoms with Crippen LogP contribution in [-0.2, 0) is 9.59 Å². The molecule has 0 spiro atoms. The Morgan fingerprint density at radius 2 is 1.52 bits per heavy atom. The molecule has 5 nitrogen and oxygen atoms in total. The molecule has 2 rings (SSSR count). The van der Waals surface area contributed by atoms with Crippen molar-refractivity contribution < 1.29 is 14.7 Å². The van der Waals surface area contributed by atoms with Gasteiger partial charge in [0, 0.05) is 31.7 Å². The Hall–Kier alpha value is -1.10. The predicted octanol–water partition coefficient (Wildman–Crippen LogP) is 1.68. The lowest BCUT2D eigenvalue weighted by molar-refractivity contribution is -0.150.